The minimum Gasteiger partial charge on any atom is -0.469 e. The van der Waals surface area contributed by atoms with Crippen LogP contribution in [-0.2, 0) is 16.8 Å². The second-order valence-electron chi connectivity index (χ2n) is 8.83. The number of likely N-dealkylation sites (tertiary alicyclic amines) is 1. The number of hydrogen-bond donors (Lipinski definition) is 0. The Balaban J connectivity index is 1.55. The highest BCUT2D eigenvalue weighted by Crippen LogP contribution is 2.63. The van der Waals surface area contributed by atoms with E-state index >= 15 is 0 Å². The van der Waals surface area contributed by atoms with Crippen LogP contribution in [0.1, 0.15) is 29.2 Å². The van der Waals surface area contributed by atoms with Gasteiger partial charge in [-0.15, -0.1) is 0 Å². The van der Waals surface area contributed by atoms with Crippen molar-refractivity contribution < 1.29 is 22.7 Å². The van der Waals surface area contributed by atoms with Gasteiger partial charge in [0.1, 0.15) is 5.75 Å². The summed E-state index contributed by atoms with van der Waals surface area (Å²) < 4.78 is 47.4. The van der Waals surface area contributed by atoms with Gasteiger partial charge in [0, 0.05) is 24.3 Å². The van der Waals surface area contributed by atoms with Crippen molar-refractivity contribution in [1.82, 2.24) is 4.90 Å². The van der Waals surface area contributed by atoms with Crippen molar-refractivity contribution in [3.63, 3.8) is 0 Å². The van der Waals surface area contributed by atoms with Crippen molar-refractivity contribution in [3.8, 4) is 5.75 Å². The molecule has 1 fully saturated rings. The summed E-state index contributed by atoms with van der Waals surface area (Å²) in [6, 6.07) is 24.1. The van der Waals surface area contributed by atoms with Gasteiger partial charge in [-0.25, -0.2) is 0 Å². The van der Waals surface area contributed by atoms with Crippen LogP contribution in [0.25, 0.3) is 0 Å². The fourth-order valence-corrected chi connectivity index (χ4v) is 5.92. The molecule has 33 heavy (non-hydrogen) atoms. The van der Waals surface area contributed by atoms with Crippen molar-refractivity contribution in [2.75, 3.05) is 11.4 Å². The van der Waals surface area contributed by atoms with Crippen LogP contribution in [0, 0.1) is 0 Å². The van der Waals surface area contributed by atoms with Gasteiger partial charge in [-0.2, -0.15) is 13.2 Å². The number of para-hydroxylation sites is 2. The Morgan fingerprint density at radius 2 is 1.67 bits per heavy atom. The van der Waals surface area contributed by atoms with E-state index < -0.39 is 29.8 Å². The molecule has 168 valence electrons. The van der Waals surface area contributed by atoms with Gasteiger partial charge < -0.3 is 14.5 Å². The zero-order valence-corrected chi connectivity index (χ0v) is 17.6. The molecule has 0 saturated carbocycles. The Hall–Kier alpha value is -3.48. The summed E-state index contributed by atoms with van der Waals surface area (Å²) in [4.78, 5) is 15.7. The van der Waals surface area contributed by atoms with Crippen LogP contribution >= 0.6 is 0 Å². The smallest absolute Gasteiger partial charge is 0.469 e. The summed E-state index contributed by atoms with van der Waals surface area (Å²) >= 11 is 0. The Bertz CT molecular complexity index is 1230. The van der Waals surface area contributed by atoms with E-state index in [4.69, 9.17) is 4.74 Å². The minimum atomic E-state index is -4.93. The predicted octanol–water partition coefficient (Wildman–Crippen LogP) is 5.20. The molecule has 6 rings (SSSR count). The number of ether oxygens (including phenoxy) is 1. The average Bonchev–Trinajstić information content (AvgIpc) is 3.34. The van der Waals surface area contributed by atoms with E-state index in [0.717, 1.165) is 21.7 Å². The Morgan fingerprint density at radius 3 is 2.45 bits per heavy atom. The number of amides is 1. The number of rotatable bonds is 2. The third-order valence-electron chi connectivity index (χ3n) is 7.16. The first kappa shape index (κ1) is 20.1. The number of alkyl halides is 3. The number of carbonyl (C=O) groups is 1. The molecule has 0 aromatic heterocycles. The van der Waals surface area contributed by atoms with Gasteiger partial charge >= 0.3 is 12.1 Å². The highest BCUT2D eigenvalue weighted by atomic mass is 19.4. The number of anilines is 1. The number of fused-ring (bicyclic) bond motifs is 3. The molecule has 3 aromatic carbocycles. The summed E-state index contributed by atoms with van der Waals surface area (Å²) in [7, 11) is 0. The summed E-state index contributed by atoms with van der Waals surface area (Å²) in [6.45, 7) is 0.567. The molecule has 1 amide bonds. The van der Waals surface area contributed by atoms with Crippen LogP contribution in [-0.4, -0.2) is 29.8 Å². The predicted molar refractivity (Wildman–Crippen MR) is 117 cm³/mol. The maximum Gasteiger partial charge on any atom is 0.471 e. The number of halogens is 3. The second kappa shape index (κ2) is 7.01. The highest BCUT2D eigenvalue weighted by Gasteiger charge is 2.66. The molecule has 0 N–H and O–H groups in total. The molecule has 0 bridgehead atoms. The number of carbonyl (C=O) groups excluding carboxylic acids is 1. The Kier molecular flexibility index (Phi) is 4.28. The third-order valence-corrected chi connectivity index (χ3v) is 7.16. The molecule has 0 aliphatic carbocycles. The first-order chi connectivity index (χ1) is 15.9. The monoisotopic (exact) mass is 450 g/mol. The van der Waals surface area contributed by atoms with E-state index in [1.54, 1.807) is 24.3 Å². The number of hydrogen-bond acceptors (Lipinski definition) is 3. The third kappa shape index (κ3) is 2.81. The molecule has 7 heteroatoms. The molecule has 1 spiro atoms. The molecule has 3 aliphatic heterocycles. The van der Waals surface area contributed by atoms with E-state index in [-0.39, 0.29) is 6.54 Å². The lowest BCUT2D eigenvalue weighted by Crippen LogP contribution is -2.55. The van der Waals surface area contributed by atoms with Crippen LogP contribution < -0.4 is 9.64 Å². The standard InChI is InChI=1S/C26H21F3N2O2/c27-26(28,29)23(32)30-15-14-25-19-11-5-6-12-20(19)31(16-17-8-2-1-3-9-17)24(25)33-21-13-7-4-10-18(21)22(25)30/h1-13,22,24H,14-16H2/t22-,24-,25+/m0/s1. The molecule has 3 aromatic rings. The van der Waals surface area contributed by atoms with E-state index in [9.17, 15) is 18.0 Å². The topological polar surface area (TPSA) is 32.8 Å². The zero-order valence-electron chi connectivity index (χ0n) is 17.6. The maximum absolute atomic E-state index is 13.6. The number of benzene rings is 3. The molecule has 1 saturated heterocycles. The summed E-state index contributed by atoms with van der Waals surface area (Å²) in [5, 5.41) is 0. The lowest BCUT2D eigenvalue weighted by atomic mass is 9.70. The fourth-order valence-electron chi connectivity index (χ4n) is 5.92. The van der Waals surface area contributed by atoms with Crippen molar-refractivity contribution >= 4 is 11.6 Å². The number of nitrogens with zero attached hydrogens (tertiary/aromatic N) is 2. The molecule has 3 atom stereocenters. The van der Waals surface area contributed by atoms with Crippen LogP contribution in [0.5, 0.6) is 5.75 Å². The average molecular weight is 450 g/mol. The van der Waals surface area contributed by atoms with Gasteiger partial charge in [0.2, 0.25) is 0 Å². The van der Waals surface area contributed by atoms with Crippen molar-refractivity contribution in [3.05, 3.63) is 95.6 Å². The minimum absolute atomic E-state index is 0.0186. The summed E-state index contributed by atoms with van der Waals surface area (Å²) in [5.74, 6) is -1.27. The van der Waals surface area contributed by atoms with E-state index in [0.29, 0.717) is 24.3 Å². The van der Waals surface area contributed by atoms with Gasteiger partial charge in [0.15, 0.2) is 6.23 Å². The molecule has 0 radical (unpaired) electrons. The van der Waals surface area contributed by atoms with Crippen molar-refractivity contribution in [1.29, 1.82) is 0 Å². The van der Waals surface area contributed by atoms with Gasteiger partial charge in [0.25, 0.3) is 0 Å². The Morgan fingerprint density at radius 1 is 0.970 bits per heavy atom. The van der Waals surface area contributed by atoms with Gasteiger partial charge in [-0.05, 0) is 29.7 Å². The zero-order chi connectivity index (χ0) is 22.8. The maximum atomic E-state index is 13.6. The van der Waals surface area contributed by atoms with E-state index in [2.05, 4.69) is 4.90 Å². The van der Waals surface area contributed by atoms with Crippen LogP contribution in [0.3, 0.4) is 0 Å². The summed E-state index contributed by atoms with van der Waals surface area (Å²) in [6.07, 6.45) is -5.07. The summed E-state index contributed by atoms with van der Waals surface area (Å²) in [5.41, 5.74) is 2.78. The van der Waals surface area contributed by atoms with Crippen LogP contribution in [0.4, 0.5) is 18.9 Å². The quantitative estimate of drug-likeness (QED) is 0.538. The lowest BCUT2D eigenvalue weighted by Gasteiger charge is -2.46. The fraction of sp³-hybridized carbons (Fsp3) is 0.269. The van der Waals surface area contributed by atoms with Crippen molar-refractivity contribution in [2.45, 2.75) is 36.8 Å². The molecule has 4 nitrogen and oxygen atoms in total. The SMILES string of the molecule is O=C(N1CC[C@]23c4ccccc4N(Cc4ccccc4)[C@H]2Oc2ccccc2[C@H]13)C(F)(F)F. The van der Waals surface area contributed by atoms with Gasteiger partial charge in [-0.3, -0.25) is 4.79 Å². The Labute approximate surface area is 189 Å². The lowest BCUT2D eigenvalue weighted by molar-refractivity contribution is -0.187. The van der Waals surface area contributed by atoms with Crippen molar-refractivity contribution in [2.24, 2.45) is 0 Å². The molecular weight excluding hydrogens is 429 g/mol. The first-order valence-electron chi connectivity index (χ1n) is 10.9. The van der Waals surface area contributed by atoms with E-state index in [1.807, 2.05) is 54.6 Å². The normalized spacial score (nSPS) is 25.1. The molecular formula is C26H21F3N2O2. The molecule has 0 unspecified atom stereocenters. The van der Waals surface area contributed by atoms with Gasteiger partial charge in [0.05, 0.1) is 11.5 Å². The van der Waals surface area contributed by atoms with Crippen LogP contribution in [0.15, 0.2) is 78.9 Å². The largest absolute Gasteiger partial charge is 0.471 e. The molecule has 3 aliphatic rings. The van der Waals surface area contributed by atoms with Gasteiger partial charge in [-0.1, -0.05) is 66.7 Å². The van der Waals surface area contributed by atoms with E-state index in [1.165, 1.54) is 0 Å². The molecule has 3 heterocycles. The second-order valence-corrected chi connectivity index (χ2v) is 8.83. The van der Waals surface area contributed by atoms with Crippen LogP contribution in [0.2, 0.25) is 0 Å². The first-order valence-corrected chi connectivity index (χ1v) is 10.9. The highest BCUT2D eigenvalue weighted by molar-refractivity contribution is 5.84.